The van der Waals surface area contributed by atoms with Crippen LogP contribution in [-0.2, 0) is 4.79 Å². The number of piperazine rings is 1. The van der Waals surface area contributed by atoms with Crippen molar-refractivity contribution in [3.63, 3.8) is 0 Å². The molecule has 94 valence electrons. The molecule has 1 saturated heterocycles. The summed E-state index contributed by atoms with van der Waals surface area (Å²) in [5, 5.41) is 0. The molecule has 3 heteroatoms. The van der Waals surface area contributed by atoms with Gasteiger partial charge in [0.25, 0.3) is 0 Å². The molecule has 0 aliphatic carbocycles. The lowest BCUT2D eigenvalue weighted by Gasteiger charge is -2.34. The first-order chi connectivity index (χ1) is 7.86. The van der Waals surface area contributed by atoms with Crippen LogP contribution in [0.1, 0.15) is 39.0 Å². The molecule has 0 aromatic rings. The van der Waals surface area contributed by atoms with Gasteiger partial charge in [-0.1, -0.05) is 19.8 Å². The number of hydrogen-bond acceptors (Lipinski definition) is 3. The summed E-state index contributed by atoms with van der Waals surface area (Å²) in [7, 11) is 0. The van der Waals surface area contributed by atoms with Crippen molar-refractivity contribution >= 4 is 6.29 Å². The second kappa shape index (κ2) is 8.71. The van der Waals surface area contributed by atoms with Crippen LogP contribution in [0.3, 0.4) is 0 Å². The van der Waals surface area contributed by atoms with Crippen molar-refractivity contribution < 1.29 is 4.79 Å². The summed E-state index contributed by atoms with van der Waals surface area (Å²) in [6, 6.07) is 0. The lowest BCUT2D eigenvalue weighted by atomic mass is 10.2. The third kappa shape index (κ3) is 5.61. The SMILES string of the molecule is CCCCCN1CCN(CCCC=O)CC1. The first kappa shape index (κ1) is 13.7. The van der Waals surface area contributed by atoms with Crippen LogP contribution in [0.4, 0.5) is 0 Å². The Labute approximate surface area is 99.8 Å². The minimum absolute atomic E-state index is 0.719. The van der Waals surface area contributed by atoms with Gasteiger partial charge < -0.3 is 14.6 Å². The smallest absolute Gasteiger partial charge is 0.120 e. The van der Waals surface area contributed by atoms with Gasteiger partial charge in [0, 0.05) is 32.6 Å². The lowest BCUT2D eigenvalue weighted by molar-refractivity contribution is -0.108. The zero-order chi connectivity index (χ0) is 11.6. The molecule has 16 heavy (non-hydrogen) atoms. The van der Waals surface area contributed by atoms with Crippen molar-refractivity contribution in [1.29, 1.82) is 0 Å². The minimum atomic E-state index is 0.719. The zero-order valence-electron chi connectivity index (χ0n) is 10.7. The molecule has 1 heterocycles. The van der Waals surface area contributed by atoms with E-state index >= 15 is 0 Å². The second-order valence-corrected chi connectivity index (χ2v) is 4.70. The van der Waals surface area contributed by atoms with Gasteiger partial charge in [0.15, 0.2) is 0 Å². The van der Waals surface area contributed by atoms with Crippen LogP contribution in [0.25, 0.3) is 0 Å². The maximum absolute atomic E-state index is 10.2. The van der Waals surface area contributed by atoms with Crippen LogP contribution in [0.2, 0.25) is 0 Å². The van der Waals surface area contributed by atoms with E-state index < -0.39 is 0 Å². The maximum Gasteiger partial charge on any atom is 0.120 e. The fraction of sp³-hybridized carbons (Fsp3) is 0.923. The molecule has 0 aromatic heterocycles. The van der Waals surface area contributed by atoms with Crippen LogP contribution < -0.4 is 0 Å². The minimum Gasteiger partial charge on any atom is -0.303 e. The van der Waals surface area contributed by atoms with E-state index in [-0.39, 0.29) is 0 Å². The van der Waals surface area contributed by atoms with Crippen molar-refractivity contribution in [2.24, 2.45) is 0 Å². The first-order valence-electron chi connectivity index (χ1n) is 6.75. The van der Waals surface area contributed by atoms with Gasteiger partial charge in [0.05, 0.1) is 0 Å². The molecule has 0 atom stereocenters. The molecule has 0 radical (unpaired) electrons. The summed E-state index contributed by atoms with van der Waals surface area (Å²) in [6.45, 7) is 9.42. The molecule has 1 fully saturated rings. The normalized spacial score (nSPS) is 18.8. The second-order valence-electron chi connectivity index (χ2n) is 4.70. The molecule has 0 saturated carbocycles. The van der Waals surface area contributed by atoms with Crippen molar-refractivity contribution in [3.8, 4) is 0 Å². The van der Waals surface area contributed by atoms with Gasteiger partial charge in [-0.15, -0.1) is 0 Å². The molecule has 1 aliphatic rings. The quantitative estimate of drug-likeness (QED) is 0.465. The van der Waals surface area contributed by atoms with Crippen molar-refractivity contribution in [3.05, 3.63) is 0 Å². The molecule has 1 aliphatic heterocycles. The monoisotopic (exact) mass is 226 g/mol. The topological polar surface area (TPSA) is 23.6 Å². The number of carbonyl (C=O) groups excluding carboxylic acids is 1. The Kier molecular flexibility index (Phi) is 7.43. The van der Waals surface area contributed by atoms with E-state index in [0.29, 0.717) is 0 Å². The first-order valence-corrected chi connectivity index (χ1v) is 6.75. The van der Waals surface area contributed by atoms with Crippen LogP contribution in [0, 0.1) is 0 Å². The average Bonchev–Trinajstić information content (AvgIpc) is 2.32. The Balaban J connectivity index is 2.02. The molecule has 0 bridgehead atoms. The van der Waals surface area contributed by atoms with Gasteiger partial charge in [0.2, 0.25) is 0 Å². The summed E-state index contributed by atoms with van der Waals surface area (Å²) in [6.07, 6.45) is 6.80. The van der Waals surface area contributed by atoms with Crippen LogP contribution in [0.5, 0.6) is 0 Å². The highest BCUT2D eigenvalue weighted by atomic mass is 16.1. The summed E-state index contributed by atoms with van der Waals surface area (Å²) < 4.78 is 0. The summed E-state index contributed by atoms with van der Waals surface area (Å²) in [4.78, 5) is 15.3. The Morgan fingerprint density at radius 2 is 1.50 bits per heavy atom. The van der Waals surface area contributed by atoms with Gasteiger partial charge in [0.1, 0.15) is 6.29 Å². The summed E-state index contributed by atoms with van der Waals surface area (Å²) in [5.41, 5.74) is 0. The van der Waals surface area contributed by atoms with E-state index in [9.17, 15) is 4.79 Å². The maximum atomic E-state index is 10.2. The third-order valence-corrected chi connectivity index (χ3v) is 3.34. The molecule has 0 amide bonds. The number of carbonyl (C=O) groups is 1. The number of aldehydes is 1. The van der Waals surface area contributed by atoms with Crippen molar-refractivity contribution in [1.82, 2.24) is 9.80 Å². The van der Waals surface area contributed by atoms with E-state index in [4.69, 9.17) is 0 Å². The van der Waals surface area contributed by atoms with Crippen molar-refractivity contribution in [2.45, 2.75) is 39.0 Å². The largest absolute Gasteiger partial charge is 0.303 e. The molecule has 0 spiro atoms. The third-order valence-electron chi connectivity index (χ3n) is 3.34. The Bertz CT molecular complexity index is 177. The van der Waals surface area contributed by atoms with Crippen molar-refractivity contribution in [2.75, 3.05) is 39.3 Å². The van der Waals surface area contributed by atoms with E-state index in [1.807, 2.05) is 0 Å². The number of unbranched alkanes of at least 4 members (excludes halogenated alkanes) is 3. The fourth-order valence-electron chi connectivity index (χ4n) is 2.22. The van der Waals surface area contributed by atoms with E-state index in [0.717, 1.165) is 25.7 Å². The Morgan fingerprint density at radius 3 is 2.00 bits per heavy atom. The summed E-state index contributed by atoms with van der Waals surface area (Å²) >= 11 is 0. The predicted octanol–water partition coefficient (Wildman–Crippen LogP) is 1.77. The standard InChI is InChI=1S/C13H26N2O/c1-2-3-4-7-14-9-11-15(12-10-14)8-5-6-13-16/h13H,2-12H2,1H3. The molecular formula is C13H26N2O. The van der Waals surface area contributed by atoms with E-state index in [1.165, 1.54) is 52.0 Å². The average molecular weight is 226 g/mol. The zero-order valence-corrected chi connectivity index (χ0v) is 10.7. The van der Waals surface area contributed by atoms with Crippen LogP contribution >= 0.6 is 0 Å². The molecule has 3 nitrogen and oxygen atoms in total. The number of hydrogen-bond donors (Lipinski definition) is 0. The highest BCUT2D eigenvalue weighted by Crippen LogP contribution is 2.05. The highest BCUT2D eigenvalue weighted by molar-refractivity contribution is 5.48. The van der Waals surface area contributed by atoms with Gasteiger partial charge in [-0.2, -0.15) is 0 Å². The van der Waals surface area contributed by atoms with Gasteiger partial charge in [-0.05, 0) is 25.9 Å². The van der Waals surface area contributed by atoms with Gasteiger partial charge in [-0.25, -0.2) is 0 Å². The fourth-order valence-corrected chi connectivity index (χ4v) is 2.22. The molecule has 0 unspecified atom stereocenters. The van der Waals surface area contributed by atoms with E-state index in [1.54, 1.807) is 0 Å². The molecular weight excluding hydrogens is 200 g/mol. The highest BCUT2D eigenvalue weighted by Gasteiger charge is 2.15. The Morgan fingerprint density at radius 1 is 0.938 bits per heavy atom. The molecule has 0 N–H and O–H groups in total. The predicted molar refractivity (Wildman–Crippen MR) is 67.7 cm³/mol. The number of nitrogens with zero attached hydrogens (tertiary/aromatic N) is 2. The summed E-state index contributed by atoms with van der Waals surface area (Å²) in [5.74, 6) is 0. The van der Waals surface area contributed by atoms with E-state index in [2.05, 4.69) is 16.7 Å². The van der Waals surface area contributed by atoms with Gasteiger partial charge in [-0.3, -0.25) is 0 Å². The van der Waals surface area contributed by atoms with Crippen LogP contribution in [-0.4, -0.2) is 55.4 Å². The van der Waals surface area contributed by atoms with Gasteiger partial charge >= 0.3 is 0 Å². The molecule has 1 rings (SSSR count). The van der Waals surface area contributed by atoms with Crippen LogP contribution in [0.15, 0.2) is 0 Å². The lowest BCUT2D eigenvalue weighted by Crippen LogP contribution is -2.46. The number of rotatable bonds is 8. The Hall–Kier alpha value is -0.410. The molecule has 0 aromatic carbocycles.